The molecule has 8 heteroatoms. The third kappa shape index (κ3) is 4.28. The van der Waals surface area contributed by atoms with E-state index in [-0.39, 0.29) is 17.3 Å². The first kappa shape index (κ1) is 16.0. The molecule has 21 heavy (non-hydrogen) atoms. The number of anilines is 1. The number of amides is 1. The van der Waals surface area contributed by atoms with Crippen molar-refractivity contribution in [3.63, 3.8) is 0 Å². The lowest BCUT2D eigenvalue weighted by Crippen LogP contribution is -2.47. The summed E-state index contributed by atoms with van der Waals surface area (Å²) in [5, 5.41) is 3.15. The fourth-order valence-corrected chi connectivity index (χ4v) is 2.85. The second kappa shape index (κ2) is 6.57. The van der Waals surface area contributed by atoms with Crippen molar-refractivity contribution >= 4 is 23.4 Å². The lowest BCUT2D eigenvalue weighted by molar-refractivity contribution is -0.137. The number of alkyl halides is 3. The van der Waals surface area contributed by atoms with Gasteiger partial charge in [0.1, 0.15) is 0 Å². The van der Waals surface area contributed by atoms with Gasteiger partial charge in [-0.3, -0.25) is 4.79 Å². The molecule has 1 fully saturated rings. The molecule has 1 saturated heterocycles. The molecule has 1 heterocycles. The molecule has 2 rings (SSSR count). The van der Waals surface area contributed by atoms with E-state index in [4.69, 9.17) is 5.73 Å². The van der Waals surface area contributed by atoms with Crippen molar-refractivity contribution in [2.45, 2.75) is 11.1 Å². The maximum Gasteiger partial charge on any atom is 0.416 e. The number of halogens is 3. The van der Waals surface area contributed by atoms with E-state index in [9.17, 15) is 18.0 Å². The van der Waals surface area contributed by atoms with Crippen molar-refractivity contribution in [3.8, 4) is 0 Å². The summed E-state index contributed by atoms with van der Waals surface area (Å²) >= 11 is 1.16. The number of nitrogens with one attached hydrogen (secondary N) is 1. The van der Waals surface area contributed by atoms with E-state index in [1.165, 1.54) is 6.07 Å². The predicted octanol–water partition coefficient (Wildman–Crippen LogP) is 1.81. The number of carbonyl (C=O) groups is 1. The van der Waals surface area contributed by atoms with Crippen molar-refractivity contribution in [2.75, 3.05) is 37.7 Å². The van der Waals surface area contributed by atoms with Gasteiger partial charge in [0.15, 0.2) is 0 Å². The van der Waals surface area contributed by atoms with Crippen molar-refractivity contribution < 1.29 is 18.0 Å². The van der Waals surface area contributed by atoms with Gasteiger partial charge in [-0.15, -0.1) is 11.8 Å². The molecule has 1 amide bonds. The Morgan fingerprint density at radius 1 is 1.33 bits per heavy atom. The highest BCUT2D eigenvalue weighted by molar-refractivity contribution is 8.00. The molecular weight excluding hydrogens is 303 g/mol. The zero-order chi connectivity index (χ0) is 15.5. The molecular formula is C13H16F3N3OS. The number of benzene rings is 1. The largest absolute Gasteiger partial charge is 0.416 e. The highest BCUT2D eigenvalue weighted by Gasteiger charge is 2.30. The van der Waals surface area contributed by atoms with Crippen LogP contribution in [-0.4, -0.2) is 42.7 Å². The summed E-state index contributed by atoms with van der Waals surface area (Å²) in [5.41, 5.74) is 4.89. The molecule has 0 aliphatic carbocycles. The number of nitrogens with zero attached hydrogens (tertiary/aromatic N) is 1. The van der Waals surface area contributed by atoms with Crippen LogP contribution in [0.25, 0.3) is 0 Å². The Hall–Kier alpha value is -1.41. The topological polar surface area (TPSA) is 58.4 Å². The maximum atomic E-state index is 12.5. The normalized spacial score (nSPS) is 16.0. The van der Waals surface area contributed by atoms with Crippen LogP contribution in [0.3, 0.4) is 0 Å². The Balaban J connectivity index is 1.95. The average Bonchev–Trinajstić information content (AvgIpc) is 2.45. The van der Waals surface area contributed by atoms with E-state index in [0.29, 0.717) is 18.0 Å². The number of hydrogen-bond acceptors (Lipinski definition) is 4. The number of hydrogen-bond donors (Lipinski definition) is 2. The van der Waals surface area contributed by atoms with Crippen LogP contribution in [0.2, 0.25) is 0 Å². The zero-order valence-electron chi connectivity index (χ0n) is 11.2. The van der Waals surface area contributed by atoms with Gasteiger partial charge in [-0.1, -0.05) is 0 Å². The van der Waals surface area contributed by atoms with E-state index in [0.717, 1.165) is 37.0 Å². The highest BCUT2D eigenvalue weighted by atomic mass is 32.2. The molecule has 0 saturated carbocycles. The molecule has 4 nitrogen and oxygen atoms in total. The number of thioether (sulfide) groups is 1. The van der Waals surface area contributed by atoms with Gasteiger partial charge in [0.05, 0.1) is 11.3 Å². The number of nitrogen functional groups attached to an aromatic ring is 1. The average molecular weight is 319 g/mol. The molecule has 0 radical (unpaired) electrons. The standard InChI is InChI=1S/C13H16F3N3OS/c14-13(15,16)9-1-2-11(10(17)7-9)21-8-12(20)19-5-3-18-4-6-19/h1-2,7,18H,3-6,8,17H2. The second-order valence-electron chi connectivity index (χ2n) is 4.67. The summed E-state index contributed by atoms with van der Waals surface area (Å²) in [6.45, 7) is 2.83. The summed E-state index contributed by atoms with van der Waals surface area (Å²) < 4.78 is 37.6. The lowest BCUT2D eigenvalue weighted by Gasteiger charge is -2.27. The first-order valence-corrected chi connectivity index (χ1v) is 7.44. The molecule has 1 aromatic carbocycles. The predicted molar refractivity (Wildman–Crippen MR) is 76.0 cm³/mol. The molecule has 0 unspecified atom stereocenters. The van der Waals surface area contributed by atoms with E-state index in [2.05, 4.69) is 5.32 Å². The Morgan fingerprint density at radius 2 is 2.00 bits per heavy atom. The van der Waals surface area contributed by atoms with E-state index in [1.54, 1.807) is 4.90 Å². The van der Waals surface area contributed by atoms with Crippen LogP contribution in [0.5, 0.6) is 0 Å². The number of nitrogens with two attached hydrogens (primary N) is 1. The molecule has 1 aliphatic heterocycles. The van der Waals surface area contributed by atoms with Gasteiger partial charge < -0.3 is 16.0 Å². The summed E-state index contributed by atoms with van der Waals surface area (Å²) in [7, 11) is 0. The van der Waals surface area contributed by atoms with Crippen LogP contribution in [-0.2, 0) is 11.0 Å². The minimum atomic E-state index is -4.41. The molecule has 0 aromatic heterocycles. The van der Waals surface area contributed by atoms with Crippen molar-refractivity contribution in [1.29, 1.82) is 0 Å². The number of carbonyl (C=O) groups excluding carboxylic acids is 1. The molecule has 1 aliphatic rings. The number of piperazine rings is 1. The molecule has 0 bridgehead atoms. The fourth-order valence-electron chi connectivity index (χ4n) is 2.00. The third-order valence-electron chi connectivity index (χ3n) is 3.16. The first-order valence-electron chi connectivity index (χ1n) is 6.46. The van der Waals surface area contributed by atoms with Crippen LogP contribution >= 0.6 is 11.8 Å². The molecule has 0 atom stereocenters. The number of rotatable bonds is 3. The van der Waals surface area contributed by atoms with Gasteiger partial charge in [-0.2, -0.15) is 13.2 Å². The van der Waals surface area contributed by atoms with Crippen molar-refractivity contribution in [2.24, 2.45) is 0 Å². The summed E-state index contributed by atoms with van der Waals surface area (Å²) in [6, 6.07) is 3.19. The van der Waals surface area contributed by atoms with Gasteiger partial charge in [0.25, 0.3) is 0 Å². The van der Waals surface area contributed by atoms with Crippen molar-refractivity contribution in [1.82, 2.24) is 10.2 Å². The van der Waals surface area contributed by atoms with Gasteiger partial charge in [0.2, 0.25) is 5.91 Å². The van der Waals surface area contributed by atoms with E-state index >= 15 is 0 Å². The van der Waals surface area contributed by atoms with E-state index < -0.39 is 11.7 Å². The quantitative estimate of drug-likeness (QED) is 0.659. The second-order valence-corrected chi connectivity index (χ2v) is 5.69. The van der Waals surface area contributed by atoms with Gasteiger partial charge >= 0.3 is 6.18 Å². The molecule has 0 spiro atoms. The third-order valence-corrected chi connectivity index (χ3v) is 4.23. The summed E-state index contributed by atoms with van der Waals surface area (Å²) in [6.07, 6.45) is -4.41. The molecule has 3 N–H and O–H groups in total. The molecule has 116 valence electrons. The lowest BCUT2D eigenvalue weighted by atomic mass is 10.2. The Kier molecular flexibility index (Phi) is 5.00. The van der Waals surface area contributed by atoms with Crippen LogP contribution in [0.4, 0.5) is 18.9 Å². The molecule has 1 aromatic rings. The van der Waals surface area contributed by atoms with Gasteiger partial charge in [-0.05, 0) is 18.2 Å². The highest BCUT2D eigenvalue weighted by Crippen LogP contribution is 2.34. The Bertz CT molecular complexity index is 516. The monoisotopic (exact) mass is 319 g/mol. The van der Waals surface area contributed by atoms with Crippen LogP contribution < -0.4 is 11.1 Å². The van der Waals surface area contributed by atoms with Crippen molar-refractivity contribution in [3.05, 3.63) is 23.8 Å². The van der Waals surface area contributed by atoms with Gasteiger partial charge in [0, 0.05) is 36.8 Å². The Labute approximate surface area is 124 Å². The smallest absolute Gasteiger partial charge is 0.398 e. The maximum absolute atomic E-state index is 12.5. The minimum absolute atomic E-state index is 0.0270. The Morgan fingerprint density at radius 3 is 2.57 bits per heavy atom. The first-order chi connectivity index (χ1) is 9.88. The zero-order valence-corrected chi connectivity index (χ0v) is 12.1. The van der Waals surface area contributed by atoms with Crippen LogP contribution in [0, 0.1) is 0 Å². The SMILES string of the molecule is Nc1cc(C(F)(F)F)ccc1SCC(=O)N1CCNCC1. The van der Waals surface area contributed by atoms with Gasteiger partial charge in [-0.25, -0.2) is 0 Å². The fraction of sp³-hybridized carbons (Fsp3) is 0.462. The van der Waals surface area contributed by atoms with Crippen LogP contribution in [0.15, 0.2) is 23.1 Å². The minimum Gasteiger partial charge on any atom is -0.398 e. The van der Waals surface area contributed by atoms with Crippen LogP contribution in [0.1, 0.15) is 5.56 Å². The summed E-state index contributed by atoms with van der Waals surface area (Å²) in [4.78, 5) is 14.2. The summed E-state index contributed by atoms with van der Waals surface area (Å²) in [5.74, 6) is 0.149. The van der Waals surface area contributed by atoms with E-state index in [1.807, 2.05) is 0 Å².